The molecule has 0 saturated carbocycles. The van der Waals surface area contributed by atoms with Gasteiger partial charge in [0, 0.05) is 6.07 Å². The second-order valence-electron chi connectivity index (χ2n) is 5.50. The molecule has 0 bridgehead atoms. The number of rotatable bonds is 7. The lowest BCUT2D eigenvalue weighted by Crippen LogP contribution is -2.13. The molecule has 0 radical (unpaired) electrons. The largest absolute Gasteiger partial charge is 0.449 e. The second kappa shape index (κ2) is 7.94. The zero-order chi connectivity index (χ0) is 16.8. The fraction of sp³-hybridized carbons (Fsp3) is 0.294. The molecule has 6 heteroatoms. The summed E-state index contributed by atoms with van der Waals surface area (Å²) in [5.41, 5.74) is 0.873. The van der Waals surface area contributed by atoms with Crippen molar-refractivity contribution in [2.45, 2.75) is 12.8 Å². The van der Waals surface area contributed by atoms with Gasteiger partial charge in [0.05, 0.1) is 9.95 Å². The van der Waals surface area contributed by atoms with Gasteiger partial charge in [-0.25, -0.2) is 0 Å². The Hall–Kier alpha value is -2.11. The molecule has 0 fully saturated rings. The van der Waals surface area contributed by atoms with E-state index in [1.54, 1.807) is 36.4 Å². The van der Waals surface area contributed by atoms with E-state index in [9.17, 15) is 10.1 Å². The van der Waals surface area contributed by atoms with E-state index in [0.29, 0.717) is 10.8 Å². The Bertz CT molecular complexity index is 689. The number of hydrogen-bond donors (Lipinski definition) is 0. The molecule has 0 aromatic heterocycles. The first-order valence-electron chi connectivity index (χ1n) is 7.32. The van der Waals surface area contributed by atoms with Crippen LogP contribution in [-0.4, -0.2) is 30.5 Å². The van der Waals surface area contributed by atoms with Crippen molar-refractivity contribution in [3.05, 3.63) is 63.2 Å². The highest BCUT2D eigenvalue weighted by molar-refractivity contribution is 6.32. The predicted octanol–water partition coefficient (Wildman–Crippen LogP) is 4.53. The molecule has 0 N–H and O–H groups in total. The van der Waals surface area contributed by atoms with Gasteiger partial charge in [-0.15, -0.1) is 0 Å². The molecule has 2 rings (SSSR count). The lowest BCUT2D eigenvalue weighted by Gasteiger charge is -2.11. The minimum atomic E-state index is -0.429. The van der Waals surface area contributed by atoms with Crippen LogP contribution in [0.3, 0.4) is 0 Å². The Labute approximate surface area is 140 Å². The summed E-state index contributed by atoms with van der Waals surface area (Å²) in [6.45, 7) is 0.936. The molecule has 0 aliphatic carbocycles. The Balaban J connectivity index is 2.20. The molecule has 0 unspecified atom stereocenters. The number of halogens is 1. The van der Waals surface area contributed by atoms with Gasteiger partial charge in [0.15, 0.2) is 0 Å². The molecule has 0 aliphatic heterocycles. The van der Waals surface area contributed by atoms with Crippen molar-refractivity contribution in [2.75, 3.05) is 20.6 Å². The van der Waals surface area contributed by atoms with Crippen LogP contribution in [0.4, 0.5) is 5.69 Å². The lowest BCUT2D eigenvalue weighted by molar-refractivity contribution is -0.385. The van der Waals surface area contributed by atoms with Gasteiger partial charge < -0.3 is 9.64 Å². The van der Waals surface area contributed by atoms with Gasteiger partial charge in [-0.3, -0.25) is 10.1 Å². The highest BCUT2D eigenvalue weighted by atomic mass is 35.5. The zero-order valence-electron chi connectivity index (χ0n) is 13.2. The van der Waals surface area contributed by atoms with Gasteiger partial charge in [0.1, 0.15) is 5.75 Å². The van der Waals surface area contributed by atoms with Crippen molar-refractivity contribution in [2.24, 2.45) is 0 Å². The Kier molecular flexibility index (Phi) is 5.96. The standard InChI is InChI=1S/C17H19ClN2O3/c1-19(2)11-5-6-13-9-10-17(15(12-13)20(21)22)23-16-8-4-3-7-14(16)18/h3-4,7-10,12H,5-6,11H2,1-2H3. The van der Waals surface area contributed by atoms with Crippen LogP contribution in [0.5, 0.6) is 11.5 Å². The third-order valence-corrected chi connectivity index (χ3v) is 3.66. The van der Waals surface area contributed by atoms with E-state index in [1.807, 2.05) is 20.2 Å². The average Bonchev–Trinajstić information content (AvgIpc) is 2.50. The number of para-hydroxylation sites is 1. The van der Waals surface area contributed by atoms with E-state index in [4.69, 9.17) is 16.3 Å². The minimum Gasteiger partial charge on any atom is -0.449 e. The van der Waals surface area contributed by atoms with Crippen molar-refractivity contribution in [3.8, 4) is 11.5 Å². The van der Waals surface area contributed by atoms with Crippen LogP contribution in [-0.2, 0) is 6.42 Å². The molecule has 122 valence electrons. The van der Waals surface area contributed by atoms with E-state index < -0.39 is 4.92 Å². The molecule has 0 spiro atoms. The van der Waals surface area contributed by atoms with Crippen LogP contribution in [0.25, 0.3) is 0 Å². The Morgan fingerprint density at radius 2 is 1.91 bits per heavy atom. The Morgan fingerprint density at radius 3 is 2.57 bits per heavy atom. The van der Waals surface area contributed by atoms with Crippen molar-refractivity contribution in [1.29, 1.82) is 0 Å². The summed E-state index contributed by atoms with van der Waals surface area (Å²) < 4.78 is 5.62. The van der Waals surface area contributed by atoms with E-state index in [0.717, 1.165) is 24.9 Å². The molecule has 2 aromatic rings. The lowest BCUT2D eigenvalue weighted by atomic mass is 10.1. The SMILES string of the molecule is CN(C)CCCc1ccc(Oc2ccccc2Cl)c([N+](=O)[O-])c1. The summed E-state index contributed by atoms with van der Waals surface area (Å²) in [5.74, 6) is 0.595. The second-order valence-corrected chi connectivity index (χ2v) is 5.91. The molecule has 0 heterocycles. The topological polar surface area (TPSA) is 55.6 Å². The van der Waals surface area contributed by atoms with E-state index in [2.05, 4.69) is 4.90 Å². The van der Waals surface area contributed by atoms with Gasteiger partial charge in [0.2, 0.25) is 5.75 Å². The molecule has 0 amide bonds. The number of nitrogens with zero attached hydrogens (tertiary/aromatic N) is 2. The van der Waals surface area contributed by atoms with Gasteiger partial charge in [-0.1, -0.05) is 29.8 Å². The molecular formula is C17H19ClN2O3. The van der Waals surface area contributed by atoms with Crippen LogP contribution < -0.4 is 4.74 Å². The van der Waals surface area contributed by atoms with Crippen LogP contribution in [0, 0.1) is 10.1 Å². The maximum absolute atomic E-state index is 11.3. The van der Waals surface area contributed by atoms with E-state index >= 15 is 0 Å². The summed E-state index contributed by atoms with van der Waals surface area (Å²) in [7, 11) is 4.01. The number of aryl methyl sites for hydroxylation is 1. The van der Waals surface area contributed by atoms with Gasteiger partial charge in [-0.05, 0) is 57.2 Å². The average molecular weight is 335 g/mol. The molecule has 2 aromatic carbocycles. The third kappa shape index (κ3) is 4.94. The van der Waals surface area contributed by atoms with E-state index in [-0.39, 0.29) is 11.4 Å². The molecule has 5 nitrogen and oxygen atoms in total. The molecule has 0 atom stereocenters. The first-order valence-corrected chi connectivity index (χ1v) is 7.69. The Morgan fingerprint density at radius 1 is 1.17 bits per heavy atom. The van der Waals surface area contributed by atoms with E-state index in [1.165, 1.54) is 0 Å². The monoisotopic (exact) mass is 334 g/mol. The summed E-state index contributed by atoms with van der Waals surface area (Å²) in [5, 5.41) is 11.7. The molecule has 0 aliphatic rings. The number of benzene rings is 2. The number of hydrogen-bond acceptors (Lipinski definition) is 4. The molecule has 0 saturated heterocycles. The molecule has 23 heavy (non-hydrogen) atoms. The normalized spacial score (nSPS) is 10.8. The van der Waals surface area contributed by atoms with Crippen LogP contribution >= 0.6 is 11.6 Å². The van der Waals surface area contributed by atoms with Crippen molar-refractivity contribution in [1.82, 2.24) is 4.90 Å². The van der Waals surface area contributed by atoms with Gasteiger partial charge in [-0.2, -0.15) is 0 Å². The summed E-state index contributed by atoms with van der Waals surface area (Å²) in [6, 6.07) is 12.0. The fourth-order valence-electron chi connectivity index (χ4n) is 2.19. The van der Waals surface area contributed by atoms with Crippen LogP contribution in [0.2, 0.25) is 5.02 Å². The summed E-state index contributed by atoms with van der Waals surface area (Å²) >= 11 is 6.04. The number of ether oxygens (including phenoxy) is 1. The quantitative estimate of drug-likeness (QED) is 0.551. The molecular weight excluding hydrogens is 316 g/mol. The number of nitro benzene ring substituents is 1. The smallest absolute Gasteiger partial charge is 0.311 e. The maximum Gasteiger partial charge on any atom is 0.311 e. The van der Waals surface area contributed by atoms with Crippen LogP contribution in [0.15, 0.2) is 42.5 Å². The number of nitro groups is 1. The van der Waals surface area contributed by atoms with Crippen molar-refractivity contribution in [3.63, 3.8) is 0 Å². The highest BCUT2D eigenvalue weighted by Gasteiger charge is 2.17. The predicted molar refractivity (Wildman–Crippen MR) is 91.5 cm³/mol. The third-order valence-electron chi connectivity index (χ3n) is 3.35. The highest BCUT2D eigenvalue weighted by Crippen LogP contribution is 2.35. The van der Waals surface area contributed by atoms with Gasteiger partial charge >= 0.3 is 5.69 Å². The first kappa shape index (κ1) is 17.2. The zero-order valence-corrected chi connectivity index (χ0v) is 13.9. The first-order chi connectivity index (χ1) is 11.0. The van der Waals surface area contributed by atoms with Crippen molar-refractivity contribution >= 4 is 17.3 Å². The van der Waals surface area contributed by atoms with Gasteiger partial charge in [0.25, 0.3) is 0 Å². The van der Waals surface area contributed by atoms with Crippen LogP contribution in [0.1, 0.15) is 12.0 Å². The maximum atomic E-state index is 11.3. The summed E-state index contributed by atoms with van der Waals surface area (Å²) in [6.07, 6.45) is 1.72. The summed E-state index contributed by atoms with van der Waals surface area (Å²) in [4.78, 5) is 13.0. The fourth-order valence-corrected chi connectivity index (χ4v) is 2.37. The minimum absolute atomic E-state index is 0.0488. The van der Waals surface area contributed by atoms with Crippen molar-refractivity contribution < 1.29 is 9.66 Å².